The van der Waals surface area contributed by atoms with Gasteiger partial charge in [-0.15, -0.1) is 0 Å². The SMILES string of the molecule is O=C(Nc1cc(C(F)(F)F)ccc1Cl)N1CCN(c2c(F)c(F)nc(F)c2F)CC1. The van der Waals surface area contributed by atoms with Crippen molar-refractivity contribution in [3.05, 3.63) is 52.3 Å². The molecule has 13 heteroatoms. The van der Waals surface area contributed by atoms with Gasteiger partial charge in [0, 0.05) is 26.2 Å². The summed E-state index contributed by atoms with van der Waals surface area (Å²) in [4.78, 5) is 17.0. The lowest BCUT2D eigenvalue weighted by Crippen LogP contribution is -2.50. The van der Waals surface area contributed by atoms with E-state index in [2.05, 4.69) is 10.3 Å². The van der Waals surface area contributed by atoms with E-state index in [9.17, 15) is 35.5 Å². The Labute approximate surface area is 170 Å². The number of rotatable bonds is 2. The first-order chi connectivity index (χ1) is 14.0. The monoisotopic (exact) mass is 456 g/mol. The molecule has 1 aliphatic heterocycles. The van der Waals surface area contributed by atoms with Crippen LogP contribution in [-0.4, -0.2) is 42.1 Å². The van der Waals surface area contributed by atoms with Gasteiger partial charge in [-0.05, 0) is 18.2 Å². The van der Waals surface area contributed by atoms with E-state index in [1.54, 1.807) is 0 Å². The van der Waals surface area contributed by atoms with E-state index in [-0.39, 0.29) is 36.9 Å². The van der Waals surface area contributed by atoms with Crippen molar-refractivity contribution < 1.29 is 35.5 Å². The number of nitrogens with zero attached hydrogens (tertiary/aromatic N) is 3. The highest BCUT2D eigenvalue weighted by Gasteiger charge is 2.32. The smallest absolute Gasteiger partial charge is 0.363 e. The summed E-state index contributed by atoms with van der Waals surface area (Å²) in [6.45, 7) is -0.652. The highest BCUT2D eigenvalue weighted by atomic mass is 35.5. The van der Waals surface area contributed by atoms with Gasteiger partial charge in [-0.2, -0.15) is 35.7 Å². The fourth-order valence-corrected chi connectivity index (χ4v) is 3.04. The number of halogens is 8. The standard InChI is InChI=1S/C17H12ClF7N4O/c18-9-2-1-8(17(23,24)25)7-10(9)26-16(30)29-5-3-28(4-6-29)13-11(19)14(21)27-15(22)12(13)20/h1-2,7H,3-6H2,(H,26,30). The predicted molar refractivity (Wildman–Crippen MR) is 93.3 cm³/mol. The molecule has 162 valence electrons. The zero-order chi connectivity index (χ0) is 22.2. The molecule has 1 N–H and O–H groups in total. The van der Waals surface area contributed by atoms with Crippen molar-refractivity contribution in [2.75, 3.05) is 36.4 Å². The molecule has 0 bridgehead atoms. The van der Waals surface area contributed by atoms with Gasteiger partial charge in [0.1, 0.15) is 5.69 Å². The van der Waals surface area contributed by atoms with Crippen LogP contribution in [0, 0.1) is 23.5 Å². The summed E-state index contributed by atoms with van der Waals surface area (Å²) in [6, 6.07) is 1.61. The third-order valence-electron chi connectivity index (χ3n) is 4.39. The summed E-state index contributed by atoms with van der Waals surface area (Å²) >= 11 is 5.83. The van der Waals surface area contributed by atoms with Crippen LogP contribution < -0.4 is 10.2 Å². The number of piperazine rings is 1. The number of nitrogens with one attached hydrogen (secondary N) is 1. The lowest BCUT2D eigenvalue weighted by atomic mass is 10.2. The van der Waals surface area contributed by atoms with E-state index in [0.29, 0.717) is 6.07 Å². The number of carbonyl (C=O) groups is 1. The fraction of sp³-hybridized carbons (Fsp3) is 0.294. The second kappa shape index (κ2) is 8.17. The van der Waals surface area contributed by atoms with E-state index in [0.717, 1.165) is 21.9 Å². The third kappa shape index (κ3) is 4.37. The Kier molecular flexibility index (Phi) is 5.97. The van der Waals surface area contributed by atoms with E-state index in [1.165, 1.54) is 0 Å². The first-order valence-corrected chi connectivity index (χ1v) is 8.74. The lowest BCUT2D eigenvalue weighted by molar-refractivity contribution is -0.137. The number of hydrogen-bond donors (Lipinski definition) is 1. The summed E-state index contributed by atoms with van der Waals surface area (Å²) in [5.41, 5.74) is -2.23. The number of alkyl halides is 3. The molecule has 0 atom stereocenters. The number of anilines is 2. The zero-order valence-corrected chi connectivity index (χ0v) is 15.6. The first-order valence-electron chi connectivity index (χ1n) is 8.36. The van der Waals surface area contributed by atoms with Crippen molar-refractivity contribution in [2.24, 2.45) is 0 Å². The van der Waals surface area contributed by atoms with Crippen LogP contribution in [0.1, 0.15) is 5.56 Å². The van der Waals surface area contributed by atoms with Crippen molar-refractivity contribution in [1.29, 1.82) is 0 Å². The largest absolute Gasteiger partial charge is 0.416 e. The molecule has 1 aromatic carbocycles. The molecule has 3 rings (SSSR count). The van der Waals surface area contributed by atoms with Gasteiger partial charge in [-0.25, -0.2) is 4.79 Å². The summed E-state index contributed by atoms with van der Waals surface area (Å²) in [7, 11) is 0. The molecule has 5 nitrogen and oxygen atoms in total. The van der Waals surface area contributed by atoms with Gasteiger partial charge in [0.15, 0.2) is 0 Å². The Balaban J connectivity index is 1.70. The summed E-state index contributed by atoms with van der Waals surface area (Å²) < 4.78 is 92.8. The van der Waals surface area contributed by atoms with E-state index >= 15 is 0 Å². The van der Waals surface area contributed by atoms with Crippen LogP contribution in [0.3, 0.4) is 0 Å². The molecular formula is C17H12ClF7N4O. The Bertz CT molecular complexity index is 951. The van der Waals surface area contributed by atoms with E-state index in [1.807, 2.05) is 0 Å². The van der Waals surface area contributed by atoms with Crippen LogP contribution in [0.2, 0.25) is 5.02 Å². The van der Waals surface area contributed by atoms with Crippen molar-refractivity contribution in [2.45, 2.75) is 6.18 Å². The van der Waals surface area contributed by atoms with E-state index in [4.69, 9.17) is 11.6 Å². The minimum Gasteiger partial charge on any atom is -0.363 e. The number of benzene rings is 1. The van der Waals surface area contributed by atoms with Crippen molar-refractivity contribution >= 4 is 29.0 Å². The molecule has 1 aliphatic rings. The molecule has 0 spiro atoms. The maximum atomic E-state index is 13.9. The molecular weight excluding hydrogens is 445 g/mol. The maximum absolute atomic E-state index is 13.9. The molecule has 0 aliphatic carbocycles. The van der Waals surface area contributed by atoms with Gasteiger partial charge in [0.05, 0.1) is 16.3 Å². The maximum Gasteiger partial charge on any atom is 0.416 e. The molecule has 0 unspecified atom stereocenters. The van der Waals surface area contributed by atoms with E-state index < -0.39 is 47.0 Å². The fourth-order valence-electron chi connectivity index (χ4n) is 2.88. The van der Waals surface area contributed by atoms with Gasteiger partial charge in [0.2, 0.25) is 11.6 Å². The van der Waals surface area contributed by atoms with Crippen LogP contribution in [0.15, 0.2) is 18.2 Å². The predicted octanol–water partition coefficient (Wildman–Crippen LogP) is 4.66. The number of carbonyl (C=O) groups excluding carboxylic acids is 1. The number of urea groups is 1. The molecule has 30 heavy (non-hydrogen) atoms. The molecule has 2 aromatic rings. The minimum absolute atomic E-state index is 0.123. The zero-order valence-electron chi connectivity index (χ0n) is 14.8. The Hall–Kier alpha value is -2.76. The third-order valence-corrected chi connectivity index (χ3v) is 4.72. The number of hydrogen-bond acceptors (Lipinski definition) is 3. The molecule has 0 radical (unpaired) electrons. The average molecular weight is 457 g/mol. The lowest BCUT2D eigenvalue weighted by Gasteiger charge is -2.36. The quantitative estimate of drug-likeness (QED) is 0.528. The van der Waals surface area contributed by atoms with Crippen LogP contribution in [0.25, 0.3) is 0 Å². The number of amides is 2. The van der Waals surface area contributed by atoms with Gasteiger partial charge in [0.25, 0.3) is 11.9 Å². The highest BCUT2D eigenvalue weighted by Crippen LogP contribution is 2.34. The first kappa shape index (κ1) is 21.9. The Morgan fingerprint density at radius 1 is 1.00 bits per heavy atom. The Morgan fingerprint density at radius 3 is 2.10 bits per heavy atom. The number of pyridine rings is 1. The summed E-state index contributed by atoms with van der Waals surface area (Å²) in [5, 5.41) is 2.12. The molecule has 1 aromatic heterocycles. The number of aromatic nitrogens is 1. The second-order valence-corrected chi connectivity index (χ2v) is 6.67. The highest BCUT2D eigenvalue weighted by molar-refractivity contribution is 6.33. The van der Waals surface area contributed by atoms with Gasteiger partial charge in [-0.3, -0.25) is 0 Å². The minimum atomic E-state index is -4.64. The molecule has 2 heterocycles. The molecule has 0 saturated carbocycles. The van der Waals surface area contributed by atoms with Gasteiger partial charge >= 0.3 is 12.2 Å². The van der Waals surface area contributed by atoms with Gasteiger partial charge in [-0.1, -0.05) is 11.6 Å². The second-order valence-electron chi connectivity index (χ2n) is 6.27. The van der Waals surface area contributed by atoms with Crippen molar-refractivity contribution in [1.82, 2.24) is 9.88 Å². The van der Waals surface area contributed by atoms with Crippen LogP contribution >= 0.6 is 11.6 Å². The normalized spacial score (nSPS) is 14.8. The molecule has 1 fully saturated rings. The summed E-state index contributed by atoms with van der Waals surface area (Å²) in [6.07, 6.45) is -4.64. The van der Waals surface area contributed by atoms with Crippen LogP contribution in [-0.2, 0) is 6.18 Å². The van der Waals surface area contributed by atoms with Crippen LogP contribution in [0.5, 0.6) is 0 Å². The Morgan fingerprint density at radius 2 is 1.57 bits per heavy atom. The average Bonchev–Trinajstić information content (AvgIpc) is 2.68. The van der Waals surface area contributed by atoms with Crippen molar-refractivity contribution in [3.63, 3.8) is 0 Å². The van der Waals surface area contributed by atoms with Gasteiger partial charge < -0.3 is 15.1 Å². The van der Waals surface area contributed by atoms with Crippen LogP contribution in [0.4, 0.5) is 46.9 Å². The molecule has 2 amide bonds. The summed E-state index contributed by atoms with van der Waals surface area (Å²) in [5.74, 6) is -6.93. The van der Waals surface area contributed by atoms with Crippen molar-refractivity contribution in [3.8, 4) is 0 Å². The topological polar surface area (TPSA) is 48.5 Å². The molecule has 1 saturated heterocycles.